The Morgan fingerprint density at radius 2 is 1.74 bits per heavy atom. The number of carbonyl (C=O) groups excluding carboxylic acids is 2. The van der Waals surface area contributed by atoms with E-state index in [4.69, 9.17) is 11.6 Å². The Bertz CT molecular complexity index is 1300. The van der Waals surface area contributed by atoms with Crippen molar-refractivity contribution < 1.29 is 31.2 Å². The van der Waals surface area contributed by atoms with Crippen molar-refractivity contribution in [2.75, 3.05) is 17.1 Å². The molecule has 0 heterocycles. The third-order valence-corrected chi connectivity index (χ3v) is 8.39. The summed E-state index contributed by atoms with van der Waals surface area (Å²) in [4.78, 5) is 28.2. The minimum atomic E-state index is -4.75. The Kier molecular flexibility index (Phi) is 9.93. The molecular weight excluding hydrogens is 555 g/mol. The molecule has 2 aromatic rings. The molecular formula is C27H33ClF3N3O4S. The molecule has 1 atom stereocenters. The van der Waals surface area contributed by atoms with Gasteiger partial charge < -0.3 is 10.2 Å². The Morgan fingerprint density at radius 3 is 2.33 bits per heavy atom. The van der Waals surface area contributed by atoms with Crippen molar-refractivity contribution in [3.05, 3.63) is 64.2 Å². The number of carbonyl (C=O) groups is 2. The van der Waals surface area contributed by atoms with Crippen molar-refractivity contribution in [1.82, 2.24) is 10.2 Å². The van der Waals surface area contributed by atoms with Gasteiger partial charge >= 0.3 is 6.18 Å². The Balaban J connectivity index is 1.96. The molecule has 0 saturated heterocycles. The number of anilines is 1. The molecule has 39 heavy (non-hydrogen) atoms. The Morgan fingerprint density at radius 1 is 1.10 bits per heavy atom. The molecule has 1 saturated carbocycles. The lowest BCUT2D eigenvalue weighted by atomic mass is 9.95. The SMILES string of the molecule is Cc1ccccc1CN(C(=O)CN(c1cc(C(F)(F)F)ccc1Cl)S(C)(=O)=O)[C@@H](C)C(=O)NC1CCCCC1. The second-order valence-electron chi connectivity index (χ2n) is 9.90. The average molecular weight is 588 g/mol. The van der Waals surface area contributed by atoms with Crippen LogP contribution >= 0.6 is 11.6 Å². The zero-order valence-corrected chi connectivity index (χ0v) is 23.7. The summed E-state index contributed by atoms with van der Waals surface area (Å²) in [6, 6.07) is 8.52. The molecule has 214 valence electrons. The maximum absolute atomic E-state index is 13.7. The number of nitrogens with zero attached hydrogens (tertiary/aromatic N) is 2. The van der Waals surface area contributed by atoms with Crippen LogP contribution in [0.5, 0.6) is 0 Å². The van der Waals surface area contributed by atoms with Crippen molar-refractivity contribution in [1.29, 1.82) is 0 Å². The molecule has 1 fully saturated rings. The quantitative estimate of drug-likeness (QED) is 0.431. The van der Waals surface area contributed by atoms with E-state index >= 15 is 0 Å². The average Bonchev–Trinajstić information content (AvgIpc) is 2.86. The number of aryl methyl sites for hydroxylation is 1. The van der Waals surface area contributed by atoms with Crippen LogP contribution in [0.25, 0.3) is 0 Å². The van der Waals surface area contributed by atoms with Gasteiger partial charge in [-0.15, -0.1) is 0 Å². The fourth-order valence-electron chi connectivity index (χ4n) is 4.60. The van der Waals surface area contributed by atoms with Gasteiger partial charge in [0.25, 0.3) is 0 Å². The van der Waals surface area contributed by atoms with Crippen LogP contribution in [0.3, 0.4) is 0 Å². The van der Waals surface area contributed by atoms with Crippen LogP contribution < -0.4 is 9.62 Å². The topological polar surface area (TPSA) is 86.8 Å². The van der Waals surface area contributed by atoms with E-state index in [0.29, 0.717) is 10.4 Å². The third kappa shape index (κ3) is 8.11. The maximum atomic E-state index is 13.7. The predicted octanol–water partition coefficient (Wildman–Crippen LogP) is 5.30. The highest BCUT2D eigenvalue weighted by Gasteiger charge is 2.35. The van der Waals surface area contributed by atoms with Gasteiger partial charge in [0, 0.05) is 12.6 Å². The van der Waals surface area contributed by atoms with Gasteiger partial charge in [0.05, 0.1) is 22.5 Å². The van der Waals surface area contributed by atoms with Crippen LogP contribution in [0.2, 0.25) is 5.02 Å². The van der Waals surface area contributed by atoms with Crippen LogP contribution in [0.1, 0.15) is 55.7 Å². The summed E-state index contributed by atoms with van der Waals surface area (Å²) in [5.74, 6) is -1.14. The van der Waals surface area contributed by atoms with Gasteiger partial charge in [-0.25, -0.2) is 8.42 Å². The van der Waals surface area contributed by atoms with Crippen molar-refractivity contribution in [2.45, 2.75) is 70.8 Å². The summed E-state index contributed by atoms with van der Waals surface area (Å²) in [5.41, 5.74) is 0.0136. The first-order valence-corrected chi connectivity index (χ1v) is 14.9. The molecule has 0 spiro atoms. The number of alkyl halides is 3. The van der Waals surface area contributed by atoms with Gasteiger partial charge in [0.2, 0.25) is 21.8 Å². The fraction of sp³-hybridized carbons (Fsp3) is 0.481. The zero-order valence-electron chi connectivity index (χ0n) is 22.1. The summed E-state index contributed by atoms with van der Waals surface area (Å²) in [5, 5.41) is 2.72. The van der Waals surface area contributed by atoms with E-state index in [1.807, 2.05) is 19.1 Å². The van der Waals surface area contributed by atoms with Crippen LogP contribution in [-0.4, -0.2) is 50.0 Å². The molecule has 0 unspecified atom stereocenters. The smallest absolute Gasteiger partial charge is 0.352 e. The van der Waals surface area contributed by atoms with E-state index in [1.165, 1.54) is 4.90 Å². The molecule has 0 radical (unpaired) electrons. The van der Waals surface area contributed by atoms with Crippen molar-refractivity contribution in [2.24, 2.45) is 0 Å². The molecule has 12 heteroatoms. The van der Waals surface area contributed by atoms with Gasteiger partial charge in [-0.2, -0.15) is 13.2 Å². The molecule has 7 nitrogen and oxygen atoms in total. The van der Waals surface area contributed by atoms with Crippen LogP contribution in [-0.2, 0) is 32.3 Å². The molecule has 3 rings (SSSR count). The summed E-state index contributed by atoms with van der Waals surface area (Å²) >= 11 is 6.12. The number of benzene rings is 2. The van der Waals surface area contributed by atoms with E-state index in [0.717, 1.165) is 61.6 Å². The number of hydrogen-bond acceptors (Lipinski definition) is 4. The first-order valence-electron chi connectivity index (χ1n) is 12.7. The number of nitrogens with one attached hydrogen (secondary N) is 1. The molecule has 0 aromatic heterocycles. The molecule has 0 bridgehead atoms. The minimum absolute atomic E-state index is 0.00130. The highest BCUT2D eigenvalue weighted by molar-refractivity contribution is 7.92. The summed E-state index contributed by atoms with van der Waals surface area (Å²) in [7, 11) is -4.25. The number of hydrogen-bond donors (Lipinski definition) is 1. The van der Waals surface area contributed by atoms with E-state index in [1.54, 1.807) is 19.1 Å². The zero-order chi connectivity index (χ0) is 29.0. The van der Waals surface area contributed by atoms with Crippen LogP contribution in [0.4, 0.5) is 18.9 Å². The summed E-state index contributed by atoms with van der Waals surface area (Å²) in [6.45, 7) is 2.55. The number of halogens is 4. The van der Waals surface area contributed by atoms with Crippen molar-refractivity contribution >= 4 is 39.1 Å². The lowest BCUT2D eigenvalue weighted by Crippen LogP contribution is -2.53. The molecule has 2 amide bonds. The lowest BCUT2D eigenvalue weighted by Gasteiger charge is -2.33. The first kappa shape index (κ1) is 30.7. The molecule has 2 aromatic carbocycles. The largest absolute Gasteiger partial charge is 0.416 e. The normalized spacial score (nSPS) is 15.5. The Hall–Kier alpha value is -2.79. The third-order valence-electron chi connectivity index (χ3n) is 6.94. The van der Waals surface area contributed by atoms with Crippen LogP contribution in [0.15, 0.2) is 42.5 Å². The van der Waals surface area contributed by atoms with Crippen molar-refractivity contribution in [3.63, 3.8) is 0 Å². The highest BCUT2D eigenvalue weighted by atomic mass is 35.5. The van der Waals surface area contributed by atoms with Crippen LogP contribution in [0, 0.1) is 6.92 Å². The van der Waals surface area contributed by atoms with Crippen molar-refractivity contribution in [3.8, 4) is 0 Å². The minimum Gasteiger partial charge on any atom is -0.352 e. The lowest BCUT2D eigenvalue weighted by molar-refractivity contribution is -0.139. The summed E-state index contributed by atoms with van der Waals surface area (Å²) < 4.78 is 66.1. The maximum Gasteiger partial charge on any atom is 0.416 e. The standard InChI is InChI=1S/C27H33ClF3N3O4S/c1-18-9-7-8-10-20(18)16-33(19(2)26(36)32-22-11-5-4-6-12-22)25(35)17-34(39(3,37)38)24-15-21(27(29,30)31)13-14-23(24)28/h7-10,13-15,19,22H,4-6,11-12,16-17H2,1-3H3,(H,32,36)/t19-/m0/s1. The van der Waals surface area contributed by atoms with Gasteiger partial charge in [-0.1, -0.05) is 55.1 Å². The highest BCUT2D eigenvalue weighted by Crippen LogP contribution is 2.36. The molecule has 1 N–H and O–H groups in total. The summed E-state index contributed by atoms with van der Waals surface area (Å²) in [6.07, 6.45) is 0.773. The predicted molar refractivity (Wildman–Crippen MR) is 145 cm³/mol. The van der Waals surface area contributed by atoms with Gasteiger partial charge in [-0.05, 0) is 56.0 Å². The second kappa shape index (κ2) is 12.6. The van der Waals surface area contributed by atoms with E-state index in [2.05, 4.69) is 5.32 Å². The molecule has 1 aliphatic rings. The van der Waals surface area contributed by atoms with E-state index in [9.17, 15) is 31.2 Å². The van der Waals surface area contributed by atoms with Gasteiger partial charge in [0.15, 0.2) is 0 Å². The number of rotatable bonds is 9. The number of sulfonamides is 1. The molecule has 0 aliphatic heterocycles. The monoisotopic (exact) mass is 587 g/mol. The van der Waals surface area contributed by atoms with Gasteiger partial charge in [0.1, 0.15) is 12.6 Å². The number of amides is 2. The first-order chi connectivity index (χ1) is 18.2. The Labute approximate surface area is 232 Å². The molecule has 1 aliphatic carbocycles. The van der Waals surface area contributed by atoms with E-state index in [-0.39, 0.29) is 23.5 Å². The van der Waals surface area contributed by atoms with E-state index < -0.39 is 45.9 Å². The van der Waals surface area contributed by atoms with Gasteiger partial charge in [-0.3, -0.25) is 13.9 Å². The fourth-order valence-corrected chi connectivity index (χ4v) is 5.72. The second-order valence-corrected chi connectivity index (χ2v) is 12.2.